The highest BCUT2D eigenvalue weighted by molar-refractivity contribution is 6.31. The molecule has 0 aliphatic heterocycles. The molecule has 0 aliphatic rings. The Morgan fingerprint density at radius 3 is 2.56 bits per heavy atom. The molecule has 186 valence electrons. The topological polar surface area (TPSA) is 83.2 Å². The molecular formula is C29H30ClN3O3. The molecular weight excluding hydrogens is 474 g/mol. The molecule has 1 amide bonds. The zero-order valence-electron chi connectivity index (χ0n) is 20.4. The Labute approximate surface area is 216 Å². The molecule has 7 heteroatoms. The fourth-order valence-corrected chi connectivity index (χ4v) is 4.61. The van der Waals surface area contributed by atoms with E-state index in [1.165, 1.54) is 0 Å². The first-order valence-corrected chi connectivity index (χ1v) is 12.3. The second-order valence-electron chi connectivity index (χ2n) is 8.69. The first-order chi connectivity index (χ1) is 17.5. The Morgan fingerprint density at radius 2 is 1.81 bits per heavy atom. The normalized spacial score (nSPS) is 12.0. The number of aryl methyl sites for hydroxylation is 1. The SMILES string of the molecule is COCCNC(=O)c1cccc2c(C(=O)[C@H](NCCc3ccc(C)cc3Cl)c3ccccc3)c[nH]c12. The minimum Gasteiger partial charge on any atom is -0.383 e. The van der Waals surface area contributed by atoms with Crippen molar-refractivity contribution in [2.24, 2.45) is 0 Å². The number of Topliss-reactive ketones (excluding diaryl/α,β-unsaturated/α-hetero) is 1. The van der Waals surface area contributed by atoms with Crippen LogP contribution >= 0.6 is 11.6 Å². The first kappa shape index (κ1) is 25.6. The maximum Gasteiger partial charge on any atom is 0.253 e. The number of fused-ring (bicyclic) bond motifs is 1. The molecule has 0 saturated heterocycles. The number of rotatable bonds is 11. The van der Waals surface area contributed by atoms with Gasteiger partial charge in [0.25, 0.3) is 5.91 Å². The van der Waals surface area contributed by atoms with Gasteiger partial charge in [0.05, 0.1) is 23.7 Å². The molecule has 6 nitrogen and oxygen atoms in total. The standard InChI is InChI=1S/C29H30ClN3O3/c1-19-11-12-20(25(30)17-19)13-14-31-26(21-7-4-3-5-8-21)28(34)24-18-33-27-22(24)9-6-10-23(27)29(35)32-15-16-36-2/h3-12,17-18,26,31,33H,13-16H2,1-2H3,(H,32,35)/t26-/m1/s1. The van der Waals surface area contributed by atoms with E-state index in [9.17, 15) is 9.59 Å². The highest BCUT2D eigenvalue weighted by Gasteiger charge is 2.25. The maximum absolute atomic E-state index is 13.8. The number of nitrogens with one attached hydrogen (secondary N) is 3. The summed E-state index contributed by atoms with van der Waals surface area (Å²) in [6.45, 7) is 3.41. The van der Waals surface area contributed by atoms with E-state index in [0.717, 1.165) is 21.7 Å². The van der Waals surface area contributed by atoms with Crippen LogP contribution in [0.1, 0.15) is 43.4 Å². The molecule has 0 spiro atoms. The summed E-state index contributed by atoms with van der Waals surface area (Å²) in [6, 6.07) is 20.5. The summed E-state index contributed by atoms with van der Waals surface area (Å²) in [7, 11) is 1.59. The number of aromatic amines is 1. The zero-order chi connectivity index (χ0) is 25.5. The van der Waals surface area contributed by atoms with Crippen molar-refractivity contribution in [3.63, 3.8) is 0 Å². The largest absolute Gasteiger partial charge is 0.383 e. The number of ether oxygens (including phenoxy) is 1. The smallest absolute Gasteiger partial charge is 0.253 e. The van der Waals surface area contributed by atoms with Gasteiger partial charge in [-0.2, -0.15) is 0 Å². The van der Waals surface area contributed by atoms with E-state index in [0.29, 0.717) is 48.1 Å². The van der Waals surface area contributed by atoms with Crippen molar-refractivity contribution in [2.75, 3.05) is 26.8 Å². The highest BCUT2D eigenvalue weighted by Crippen LogP contribution is 2.27. The number of amides is 1. The quantitative estimate of drug-likeness (QED) is 0.192. The lowest BCUT2D eigenvalue weighted by atomic mass is 9.96. The summed E-state index contributed by atoms with van der Waals surface area (Å²) in [5, 5.41) is 7.71. The van der Waals surface area contributed by atoms with Gasteiger partial charge in [0.2, 0.25) is 0 Å². The second-order valence-corrected chi connectivity index (χ2v) is 9.09. The van der Waals surface area contributed by atoms with Crippen LogP contribution in [-0.4, -0.2) is 43.5 Å². The van der Waals surface area contributed by atoms with Crippen LogP contribution in [0.2, 0.25) is 5.02 Å². The van der Waals surface area contributed by atoms with Crippen molar-refractivity contribution in [2.45, 2.75) is 19.4 Å². The lowest BCUT2D eigenvalue weighted by molar-refractivity contribution is 0.0933. The minimum atomic E-state index is -0.548. The molecule has 4 rings (SSSR count). The summed E-state index contributed by atoms with van der Waals surface area (Å²) in [5.41, 5.74) is 4.67. The predicted molar refractivity (Wildman–Crippen MR) is 144 cm³/mol. The van der Waals surface area contributed by atoms with Crippen molar-refractivity contribution in [1.82, 2.24) is 15.6 Å². The van der Waals surface area contributed by atoms with Crippen LogP contribution in [0.5, 0.6) is 0 Å². The van der Waals surface area contributed by atoms with Gasteiger partial charge in [0.1, 0.15) is 0 Å². The summed E-state index contributed by atoms with van der Waals surface area (Å²) in [4.78, 5) is 29.7. The Hall–Kier alpha value is -3.45. The predicted octanol–water partition coefficient (Wildman–Crippen LogP) is 5.26. The molecule has 4 aromatic rings. The van der Waals surface area contributed by atoms with E-state index in [2.05, 4.69) is 15.6 Å². The molecule has 3 N–H and O–H groups in total. The average molecular weight is 504 g/mol. The van der Waals surface area contributed by atoms with Gasteiger partial charge in [-0.25, -0.2) is 0 Å². The fraction of sp³-hybridized carbons (Fsp3) is 0.241. The third-order valence-corrected chi connectivity index (χ3v) is 6.52. The van der Waals surface area contributed by atoms with E-state index in [4.69, 9.17) is 16.3 Å². The average Bonchev–Trinajstić information content (AvgIpc) is 3.32. The molecule has 1 atom stereocenters. The molecule has 1 heterocycles. The number of hydrogen-bond acceptors (Lipinski definition) is 4. The van der Waals surface area contributed by atoms with Gasteiger partial charge in [0.15, 0.2) is 5.78 Å². The monoisotopic (exact) mass is 503 g/mol. The number of hydrogen-bond donors (Lipinski definition) is 3. The van der Waals surface area contributed by atoms with Gasteiger partial charge in [-0.1, -0.05) is 66.2 Å². The van der Waals surface area contributed by atoms with Crippen molar-refractivity contribution >= 4 is 34.2 Å². The van der Waals surface area contributed by atoms with Crippen LogP contribution < -0.4 is 10.6 Å². The molecule has 36 heavy (non-hydrogen) atoms. The molecule has 0 unspecified atom stereocenters. The Kier molecular flexibility index (Phi) is 8.54. The van der Waals surface area contributed by atoms with Crippen LogP contribution in [0.4, 0.5) is 0 Å². The first-order valence-electron chi connectivity index (χ1n) is 11.9. The summed E-state index contributed by atoms with van der Waals surface area (Å²) in [5.74, 6) is -0.286. The minimum absolute atomic E-state index is 0.0700. The Morgan fingerprint density at radius 1 is 1.00 bits per heavy atom. The number of H-pyrrole nitrogens is 1. The van der Waals surface area contributed by atoms with Crippen molar-refractivity contribution < 1.29 is 14.3 Å². The Balaban J connectivity index is 1.58. The van der Waals surface area contributed by atoms with E-state index >= 15 is 0 Å². The number of carbonyl (C=O) groups excluding carboxylic acids is 2. The van der Waals surface area contributed by atoms with Crippen LogP contribution in [0, 0.1) is 6.92 Å². The molecule has 0 fully saturated rings. The number of ketones is 1. The molecule has 0 bridgehead atoms. The highest BCUT2D eigenvalue weighted by atomic mass is 35.5. The van der Waals surface area contributed by atoms with Crippen molar-refractivity contribution in [3.05, 3.63) is 106 Å². The zero-order valence-corrected chi connectivity index (χ0v) is 21.2. The van der Waals surface area contributed by atoms with Gasteiger partial charge < -0.3 is 20.4 Å². The molecule has 0 saturated carbocycles. The van der Waals surface area contributed by atoms with Gasteiger partial charge >= 0.3 is 0 Å². The van der Waals surface area contributed by atoms with Gasteiger partial charge in [0, 0.05) is 42.4 Å². The third kappa shape index (κ3) is 5.85. The molecule has 1 aromatic heterocycles. The van der Waals surface area contributed by atoms with Crippen LogP contribution in [0.25, 0.3) is 10.9 Å². The third-order valence-electron chi connectivity index (χ3n) is 6.16. The number of para-hydroxylation sites is 1. The van der Waals surface area contributed by atoms with Gasteiger partial charge in [-0.3, -0.25) is 9.59 Å². The summed E-state index contributed by atoms with van der Waals surface area (Å²) < 4.78 is 5.01. The number of methoxy groups -OCH3 is 1. The van der Waals surface area contributed by atoms with Crippen molar-refractivity contribution in [1.29, 1.82) is 0 Å². The van der Waals surface area contributed by atoms with Crippen LogP contribution in [0.3, 0.4) is 0 Å². The van der Waals surface area contributed by atoms with E-state index in [1.807, 2.05) is 61.5 Å². The summed E-state index contributed by atoms with van der Waals surface area (Å²) in [6.07, 6.45) is 2.38. The molecule has 0 radical (unpaired) electrons. The van der Waals surface area contributed by atoms with E-state index < -0.39 is 6.04 Å². The number of aromatic nitrogens is 1. The number of carbonyl (C=O) groups is 2. The lowest BCUT2D eigenvalue weighted by Gasteiger charge is -2.18. The molecule has 0 aliphatic carbocycles. The van der Waals surface area contributed by atoms with Crippen molar-refractivity contribution in [3.8, 4) is 0 Å². The number of halogens is 1. The van der Waals surface area contributed by atoms with E-state index in [-0.39, 0.29) is 11.7 Å². The Bertz CT molecular complexity index is 1350. The maximum atomic E-state index is 13.8. The second kappa shape index (κ2) is 12.0. The van der Waals surface area contributed by atoms with Crippen LogP contribution in [-0.2, 0) is 11.2 Å². The van der Waals surface area contributed by atoms with Gasteiger partial charge in [-0.15, -0.1) is 0 Å². The van der Waals surface area contributed by atoms with Gasteiger partial charge in [-0.05, 0) is 42.2 Å². The van der Waals surface area contributed by atoms with Crippen LogP contribution in [0.15, 0.2) is 72.9 Å². The number of benzene rings is 3. The fourth-order valence-electron chi connectivity index (χ4n) is 4.28. The summed E-state index contributed by atoms with van der Waals surface area (Å²) >= 11 is 6.41. The molecule has 3 aromatic carbocycles. The lowest BCUT2D eigenvalue weighted by Crippen LogP contribution is -2.30. The van der Waals surface area contributed by atoms with E-state index in [1.54, 1.807) is 25.4 Å².